The van der Waals surface area contributed by atoms with Gasteiger partial charge >= 0.3 is 0 Å². The van der Waals surface area contributed by atoms with Crippen molar-refractivity contribution < 1.29 is 23.5 Å². The monoisotopic (exact) mass is 432 g/mol. The molecule has 3 aromatic rings. The van der Waals surface area contributed by atoms with E-state index in [-0.39, 0.29) is 18.1 Å². The number of anilines is 1. The smallest absolute Gasteiger partial charge is 0.278 e. The molecule has 0 spiro atoms. The Hall–Kier alpha value is -4.00. The van der Waals surface area contributed by atoms with Gasteiger partial charge in [-0.05, 0) is 49.2 Å². The molecule has 2 heterocycles. The van der Waals surface area contributed by atoms with Gasteiger partial charge < -0.3 is 19.2 Å². The van der Waals surface area contributed by atoms with Gasteiger partial charge in [0.2, 0.25) is 0 Å². The largest absolute Gasteiger partial charge is 0.497 e. The van der Waals surface area contributed by atoms with Gasteiger partial charge in [-0.1, -0.05) is 23.8 Å². The maximum atomic E-state index is 13.5. The van der Waals surface area contributed by atoms with Crippen molar-refractivity contribution in [3.63, 3.8) is 0 Å². The highest BCUT2D eigenvalue weighted by Crippen LogP contribution is 2.36. The molecule has 0 atom stereocenters. The number of nitrogens with one attached hydrogen (secondary N) is 1. The van der Waals surface area contributed by atoms with Gasteiger partial charge in [0.15, 0.2) is 0 Å². The summed E-state index contributed by atoms with van der Waals surface area (Å²) in [5, 5.41) is 3.15. The highest BCUT2D eigenvalue weighted by atomic mass is 16.5. The summed E-state index contributed by atoms with van der Waals surface area (Å²) in [4.78, 5) is 28.1. The van der Waals surface area contributed by atoms with Crippen molar-refractivity contribution in [3.05, 3.63) is 82.9 Å². The molecule has 1 aromatic heterocycles. The number of rotatable bonds is 7. The predicted molar refractivity (Wildman–Crippen MR) is 120 cm³/mol. The molecule has 1 aliphatic heterocycles. The minimum Gasteiger partial charge on any atom is -0.497 e. The van der Waals surface area contributed by atoms with Crippen LogP contribution in [0.5, 0.6) is 11.5 Å². The fourth-order valence-corrected chi connectivity index (χ4v) is 3.78. The van der Waals surface area contributed by atoms with E-state index in [2.05, 4.69) is 5.32 Å². The van der Waals surface area contributed by atoms with E-state index in [0.717, 1.165) is 11.1 Å². The number of nitrogens with zero attached hydrogens (tertiary/aromatic N) is 1. The second-order valence-electron chi connectivity index (χ2n) is 7.54. The molecule has 32 heavy (non-hydrogen) atoms. The number of carbonyl (C=O) groups excluding carboxylic acids is 2. The maximum Gasteiger partial charge on any atom is 0.278 e. The Morgan fingerprint density at radius 3 is 2.44 bits per heavy atom. The first kappa shape index (κ1) is 21.2. The molecule has 2 amide bonds. The Morgan fingerprint density at radius 2 is 1.78 bits per heavy atom. The maximum absolute atomic E-state index is 13.5. The number of ether oxygens (including phenoxy) is 2. The SMILES string of the molecule is COc1ccc(OC)c(NC2=C(c3ccc(C)cc3C)C(=O)N(Cc3ccco3)C2=O)c1. The average Bonchev–Trinajstić information content (AvgIpc) is 3.37. The molecule has 0 saturated heterocycles. The summed E-state index contributed by atoms with van der Waals surface area (Å²) in [6.45, 7) is 3.95. The number of methoxy groups -OCH3 is 2. The third-order valence-electron chi connectivity index (χ3n) is 5.38. The standard InChI is InChI=1S/C25H24N2O5/c1-15-7-9-19(16(2)12-15)22-23(26-20-13-17(30-3)8-10-21(20)31-4)25(29)27(24(22)28)14-18-6-5-11-32-18/h5-13,26H,14H2,1-4H3. The van der Waals surface area contributed by atoms with Crippen molar-refractivity contribution in [1.82, 2.24) is 4.90 Å². The molecule has 0 aliphatic carbocycles. The molecule has 7 nitrogen and oxygen atoms in total. The number of benzene rings is 2. The van der Waals surface area contributed by atoms with Crippen LogP contribution in [0.4, 0.5) is 5.69 Å². The fraction of sp³-hybridized carbons (Fsp3) is 0.200. The lowest BCUT2D eigenvalue weighted by molar-refractivity contribution is -0.137. The van der Waals surface area contributed by atoms with E-state index in [4.69, 9.17) is 13.9 Å². The lowest BCUT2D eigenvalue weighted by Crippen LogP contribution is -2.31. The van der Waals surface area contributed by atoms with E-state index in [1.807, 2.05) is 32.0 Å². The van der Waals surface area contributed by atoms with Gasteiger partial charge in [0.25, 0.3) is 11.8 Å². The topological polar surface area (TPSA) is 81.0 Å². The van der Waals surface area contributed by atoms with Gasteiger partial charge in [0.05, 0.1) is 38.3 Å². The Morgan fingerprint density at radius 1 is 0.969 bits per heavy atom. The molecule has 7 heteroatoms. The predicted octanol–water partition coefficient (Wildman–Crippen LogP) is 4.31. The minimum atomic E-state index is -0.439. The van der Waals surface area contributed by atoms with Crippen LogP contribution in [0.2, 0.25) is 0 Å². The number of amides is 2. The first-order valence-electron chi connectivity index (χ1n) is 10.1. The zero-order chi connectivity index (χ0) is 22.8. The molecule has 0 unspecified atom stereocenters. The summed E-state index contributed by atoms with van der Waals surface area (Å²) in [5.74, 6) is 0.801. The zero-order valence-electron chi connectivity index (χ0n) is 18.4. The molecule has 0 fully saturated rings. The number of carbonyl (C=O) groups is 2. The zero-order valence-corrected chi connectivity index (χ0v) is 18.4. The van der Waals surface area contributed by atoms with E-state index >= 15 is 0 Å². The van der Waals surface area contributed by atoms with E-state index in [1.54, 1.807) is 37.4 Å². The van der Waals surface area contributed by atoms with Crippen LogP contribution in [0.3, 0.4) is 0 Å². The van der Waals surface area contributed by atoms with Gasteiger partial charge in [-0.25, -0.2) is 0 Å². The third kappa shape index (κ3) is 3.85. The van der Waals surface area contributed by atoms with Crippen molar-refractivity contribution in [2.75, 3.05) is 19.5 Å². The number of imide groups is 1. The summed E-state index contributed by atoms with van der Waals surface area (Å²) >= 11 is 0. The van der Waals surface area contributed by atoms with Crippen molar-refractivity contribution in [2.24, 2.45) is 0 Å². The highest BCUT2D eigenvalue weighted by Gasteiger charge is 2.40. The first-order valence-corrected chi connectivity index (χ1v) is 10.1. The van der Waals surface area contributed by atoms with Crippen molar-refractivity contribution in [3.8, 4) is 11.5 Å². The second kappa shape index (κ2) is 8.63. The average molecular weight is 432 g/mol. The molecule has 4 rings (SSSR count). The van der Waals surface area contributed by atoms with Crippen LogP contribution in [0.25, 0.3) is 5.57 Å². The summed E-state index contributed by atoms with van der Waals surface area (Å²) in [6.07, 6.45) is 1.51. The van der Waals surface area contributed by atoms with Gasteiger partial charge in [-0.3, -0.25) is 14.5 Å². The van der Waals surface area contributed by atoms with E-state index < -0.39 is 5.91 Å². The third-order valence-corrected chi connectivity index (χ3v) is 5.38. The number of aryl methyl sites for hydroxylation is 2. The molecule has 2 aromatic carbocycles. The van der Waals surface area contributed by atoms with Crippen molar-refractivity contribution in [1.29, 1.82) is 0 Å². The lowest BCUT2D eigenvalue weighted by atomic mass is 9.97. The Labute approximate surface area is 186 Å². The number of hydrogen-bond acceptors (Lipinski definition) is 6. The van der Waals surface area contributed by atoms with E-state index in [1.165, 1.54) is 18.3 Å². The van der Waals surface area contributed by atoms with Crippen LogP contribution in [-0.4, -0.2) is 30.9 Å². The fourth-order valence-electron chi connectivity index (χ4n) is 3.78. The van der Waals surface area contributed by atoms with Crippen LogP contribution in [0.1, 0.15) is 22.5 Å². The molecule has 164 valence electrons. The highest BCUT2D eigenvalue weighted by molar-refractivity contribution is 6.36. The molecule has 0 radical (unpaired) electrons. The summed E-state index contributed by atoms with van der Waals surface area (Å²) < 4.78 is 16.1. The van der Waals surface area contributed by atoms with E-state index in [0.29, 0.717) is 34.1 Å². The summed E-state index contributed by atoms with van der Waals surface area (Å²) in [6, 6.07) is 14.4. The van der Waals surface area contributed by atoms with Crippen molar-refractivity contribution >= 4 is 23.1 Å². The second-order valence-corrected chi connectivity index (χ2v) is 7.54. The van der Waals surface area contributed by atoms with Gasteiger partial charge in [-0.15, -0.1) is 0 Å². The van der Waals surface area contributed by atoms with Crippen LogP contribution >= 0.6 is 0 Å². The van der Waals surface area contributed by atoms with Gasteiger partial charge in [-0.2, -0.15) is 0 Å². The number of hydrogen-bond donors (Lipinski definition) is 1. The lowest BCUT2D eigenvalue weighted by Gasteiger charge is -2.15. The molecule has 0 saturated carbocycles. The Bertz CT molecular complexity index is 1210. The van der Waals surface area contributed by atoms with Crippen LogP contribution in [0.15, 0.2) is 64.9 Å². The summed E-state index contributed by atoms with van der Waals surface area (Å²) in [7, 11) is 3.10. The molecule has 1 N–H and O–H groups in total. The summed E-state index contributed by atoms with van der Waals surface area (Å²) in [5.41, 5.74) is 3.67. The molecular weight excluding hydrogens is 408 g/mol. The molecular formula is C25H24N2O5. The van der Waals surface area contributed by atoms with Gasteiger partial charge in [0.1, 0.15) is 23.0 Å². The van der Waals surface area contributed by atoms with Gasteiger partial charge in [0, 0.05) is 6.07 Å². The number of furan rings is 1. The molecule has 1 aliphatic rings. The molecule has 0 bridgehead atoms. The Kier molecular flexibility index (Phi) is 5.73. The minimum absolute atomic E-state index is 0.0412. The quantitative estimate of drug-likeness (QED) is 0.561. The Balaban J connectivity index is 1.83. The normalized spacial score (nSPS) is 13.7. The van der Waals surface area contributed by atoms with Crippen molar-refractivity contribution in [2.45, 2.75) is 20.4 Å². The van der Waals surface area contributed by atoms with Crippen LogP contribution in [-0.2, 0) is 16.1 Å². The van der Waals surface area contributed by atoms with E-state index in [9.17, 15) is 9.59 Å². The van der Waals surface area contributed by atoms with Crippen LogP contribution in [0, 0.1) is 13.8 Å². The first-order chi connectivity index (χ1) is 15.4. The van der Waals surface area contributed by atoms with Crippen LogP contribution < -0.4 is 14.8 Å².